The van der Waals surface area contributed by atoms with Gasteiger partial charge in [-0.3, -0.25) is 19.0 Å². The van der Waals surface area contributed by atoms with Gasteiger partial charge < -0.3 is 10.1 Å². The molecule has 188 valence electrons. The highest BCUT2D eigenvalue weighted by atomic mass is 32.1. The van der Waals surface area contributed by atoms with Gasteiger partial charge in [0.15, 0.2) is 5.78 Å². The van der Waals surface area contributed by atoms with Gasteiger partial charge in [0, 0.05) is 16.8 Å². The van der Waals surface area contributed by atoms with Gasteiger partial charge in [0.05, 0.1) is 22.7 Å². The van der Waals surface area contributed by atoms with E-state index in [1.54, 1.807) is 28.8 Å². The van der Waals surface area contributed by atoms with Crippen molar-refractivity contribution in [1.82, 2.24) is 4.57 Å². The minimum atomic E-state index is -0.194. The molecule has 4 aromatic carbocycles. The summed E-state index contributed by atoms with van der Waals surface area (Å²) in [5, 5.41) is 2.95. The second-order valence-electron chi connectivity index (χ2n) is 9.22. The van der Waals surface area contributed by atoms with Crippen LogP contribution in [0.4, 0.5) is 5.69 Å². The number of rotatable bonds is 8. The van der Waals surface area contributed by atoms with Crippen molar-refractivity contribution in [2.24, 2.45) is 0 Å². The molecule has 0 radical (unpaired) electrons. The molecule has 0 saturated carbocycles. The molecule has 6 rings (SSSR count). The summed E-state index contributed by atoms with van der Waals surface area (Å²) in [6.45, 7) is 0.722. The lowest BCUT2D eigenvalue weighted by molar-refractivity contribution is -0.117. The number of benzene rings is 4. The van der Waals surface area contributed by atoms with E-state index in [-0.39, 0.29) is 22.5 Å². The number of thiazole rings is 1. The Morgan fingerprint density at radius 2 is 1.63 bits per heavy atom. The Hall–Kier alpha value is -4.49. The molecule has 1 amide bonds. The van der Waals surface area contributed by atoms with Gasteiger partial charge in [0.25, 0.3) is 0 Å². The lowest BCUT2D eigenvalue weighted by Gasteiger charge is -2.11. The summed E-state index contributed by atoms with van der Waals surface area (Å²) in [7, 11) is 0. The maximum atomic E-state index is 12.8. The van der Waals surface area contributed by atoms with Crippen molar-refractivity contribution in [2.45, 2.75) is 18.9 Å². The molecule has 0 bridgehead atoms. The van der Waals surface area contributed by atoms with Crippen LogP contribution in [0.3, 0.4) is 0 Å². The standard InChI is InChI=1S/C31H24N2O4S/c34-29(21-6-2-1-3-7-21)22-12-15-27-28(19-22)38-31(36)33(27)16-17-37-23-13-10-20(11-14-23)18-25-24-8-4-5-9-26(24)32-30(25)35/h1-15,19,25H,16-18H2,(H,32,35). The van der Waals surface area contributed by atoms with Gasteiger partial charge >= 0.3 is 4.87 Å². The number of fused-ring (bicyclic) bond motifs is 2. The number of hydrogen-bond donors (Lipinski definition) is 1. The van der Waals surface area contributed by atoms with Crippen LogP contribution in [0.2, 0.25) is 0 Å². The molecule has 38 heavy (non-hydrogen) atoms. The molecule has 1 aliphatic heterocycles. The largest absolute Gasteiger partial charge is 0.492 e. The molecular formula is C31H24N2O4S. The summed E-state index contributed by atoms with van der Waals surface area (Å²) in [4.78, 5) is 37.8. The van der Waals surface area contributed by atoms with E-state index >= 15 is 0 Å². The molecule has 5 aromatic rings. The number of amides is 1. The normalized spacial score (nSPS) is 14.3. The van der Waals surface area contributed by atoms with E-state index in [4.69, 9.17) is 4.74 Å². The number of carbonyl (C=O) groups is 2. The maximum Gasteiger partial charge on any atom is 0.308 e. The number of carbonyl (C=O) groups excluding carboxylic acids is 2. The SMILES string of the molecule is O=C(c1ccccc1)c1ccc2c(c1)sc(=O)n2CCOc1ccc(CC2C(=O)Nc3ccccc32)cc1. The van der Waals surface area contributed by atoms with E-state index in [0.29, 0.717) is 36.4 Å². The summed E-state index contributed by atoms with van der Waals surface area (Å²) in [6, 6.07) is 30.0. The van der Waals surface area contributed by atoms with E-state index < -0.39 is 0 Å². The Kier molecular flexibility index (Phi) is 6.35. The third-order valence-corrected chi connectivity index (χ3v) is 7.77. The maximum absolute atomic E-state index is 12.8. The second-order valence-corrected chi connectivity index (χ2v) is 10.2. The first-order valence-corrected chi connectivity index (χ1v) is 13.2. The Bertz CT molecular complexity index is 1700. The van der Waals surface area contributed by atoms with Gasteiger partial charge in [-0.2, -0.15) is 0 Å². The number of anilines is 1. The number of aromatic nitrogens is 1. The van der Waals surface area contributed by atoms with Crippen molar-refractivity contribution >= 4 is 38.9 Å². The quantitative estimate of drug-likeness (QED) is 0.268. The lowest BCUT2D eigenvalue weighted by atomic mass is 9.93. The van der Waals surface area contributed by atoms with Gasteiger partial charge in [-0.05, 0) is 53.9 Å². The molecule has 1 unspecified atom stereocenters. The number of nitrogens with zero attached hydrogens (tertiary/aromatic N) is 1. The third kappa shape index (κ3) is 4.64. The highest BCUT2D eigenvalue weighted by Crippen LogP contribution is 2.34. The summed E-state index contributed by atoms with van der Waals surface area (Å²) in [5.41, 5.74) is 4.94. The Morgan fingerprint density at radius 1 is 0.868 bits per heavy atom. The molecular weight excluding hydrogens is 496 g/mol. The first-order valence-electron chi connectivity index (χ1n) is 12.4. The van der Waals surface area contributed by atoms with Gasteiger partial charge in [-0.15, -0.1) is 0 Å². The molecule has 1 N–H and O–H groups in total. The molecule has 0 saturated heterocycles. The topological polar surface area (TPSA) is 77.4 Å². The van der Waals surface area contributed by atoms with Crippen LogP contribution in [0, 0.1) is 0 Å². The summed E-state index contributed by atoms with van der Waals surface area (Å²) >= 11 is 1.13. The number of para-hydroxylation sites is 1. The van der Waals surface area contributed by atoms with Crippen LogP contribution in [0.25, 0.3) is 10.2 Å². The zero-order chi connectivity index (χ0) is 26.1. The number of hydrogen-bond acceptors (Lipinski definition) is 5. The smallest absolute Gasteiger partial charge is 0.308 e. The van der Waals surface area contributed by atoms with Crippen molar-refractivity contribution in [1.29, 1.82) is 0 Å². The van der Waals surface area contributed by atoms with Crippen LogP contribution in [0.5, 0.6) is 5.75 Å². The van der Waals surface area contributed by atoms with E-state index in [9.17, 15) is 14.4 Å². The highest BCUT2D eigenvalue weighted by molar-refractivity contribution is 7.16. The van der Waals surface area contributed by atoms with E-state index in [1.807, 2.05) is 72.8 Å². The Morgan fingerprint density at radius 3 is 2.45 bits per heavy atom. The molecule has 2 heterocycles. The van der Waals surface area contributed by atoms with Crippen molar-refractivity contribution in [3.8, 4) is 5.75 Å². The van der Waals surface area contributed by atoms with Crippen LogP contribution in [-0.2, 0) is 17.8 Å². The summed E-state index contributed by atoms with van der Waals surface area (Å²) in [6.07, 6.45) is 0.619. The van der Waals surface area contributed by atoms with Crippen LogP contribution in [0.1, 0.15) is 33.0 Å². The first kappa shape index (κ1) is 23.9. The molecule has 7 heteroatoms. The minimum absolute atomic E-state index is 0.0245. The molecule has 1 aliphatic rings. The molecule has 6 nitrogen and oxygen atoms in total. The first-order chi connectivity index (χ1) is 18.6. The summed E-state index contributed by atoms with van der Waals surface area (Å²) < 4.78 is 8.38. The number of ether oxygens (including phenoxy) is 1. The van der Waals surface area contributed by atoms with Gasteiger partial charge in [-0.1, -0.05) is 72.0 Å². The fourth-order valence-corrected chi connectivity index (χ4v) is 5.82. The molecule has 0 fully saturated rings. The zero-order valence-electron chi connectivity index (χ0n) is 20.4. The Balaban J connectivity index is 1.10. The molecule has 1 aromatic heterocycles. The van der Waals surface area contributed by atoms with Crippen LogP contribution in [0.15, 0.2) is 102 Å². The average Bonchev–Trinajstić information content (AvgIpc) is 3.44. The van der Waals surface area contributed by atoms with E-state index in [2.05, 4.69) is 5.32 Å². The van der Waals surface area contributed by atoms with E-state index in [0.717, 1.165) is 38.4 Å². The number of nitrogens with one attached hydrogen (secondary N) is 1. The van der Waals surface area contributed by atoms with Gasteiger partial charge in [0.1, 0.15) is 12.4 Å². The van der Waals surface area contributed by atoms with Gasteiger partial charge in [-0.25, -0.2) is 0 Å². The third-order valence-electron chi connectivity index (χ3n) is 6.82. The average molecular weight is 521 g/mol. The van der Waals surface area contributed by atoms with Crippen molar-refractivity contribution in [2.75, 3.05) is 11.9 Å². The Labute approximate surface area is 223 Å². The number of ketones is 1. The van der Waals surface area contributed by atoms with Crippen molar-refractivity contribution in [3.05, 3.63) is 129 Å². The van der Waals surface area contributed by atoms with E-state index in [1.165, 1.54) is 0 Å². The molecule has 0 spiro atoms. The molecule has 1 atom stereocenters. The zero-order valence-corrected chi connectivity index (χ0v) is 21.2. The van der Waals surface area contributed by atoms with Crippen LogP contribution < -0.4 is 14.9 Å². The predicted octanol–water partition coefficient (Wildman–Crippen LogP) is 5.65. The van der Waals surface area contributed by atoms with Crippen molar-refractivity contribution < 1.29 is 14.3 Å². The molecule has 0 aliphatic carbocycles. The van der Waals surface area contributed by atoms with Crippen LogP contribution >= 0.6 is 11.3 Å². The summed E-state index contributed by atoms with van der Waals surface area (Å²) in [5.74, 6) is 0.467. The lowest BCUT2D eigenvalue weighted by Crippen LogP contribution is -2.17. The van der Waals surface area contributed by atoms with Gasteiger partial charge in [0.2, 0.25) is 5.91 Å². The second kappa shape index (κ2) is 10.1. The predicted molar refractivity (Wildman–Crippen MR) is 149 cm³/mol. The van der Waals surface area contributed by atoms with Crippen molar-refractivity contribution in [3.63, 3.8) is 0 Å². The van der Waals surface area contributed by atoms with Crippen LogP contribution in [-0.4, -0.2) is 22.9 Å². The monoisotopic (exact) mass is 520 g/mol. The fraction of sp³-hybridized carbons (Fsp3) is 0.129. The minimum Gasteiger partial charge on any atom is -0.492 e. The fourth-order valence-electron chi connectivity index (χ4n) is 4.87. The highest BCUT2D eigenvalue weighted by Gasteiger charge is 2.30.